The fourth-order valence-electron chi connectivity index (χ4n) is 2.33. The molecule has 1 aromatic rings. The van der Waals surface area contributed by atoms with Crippen LogP contribution in [0.3, 0.4) is 0 Å². The molecular weight excluding hydrogens is 254 g/mol. The number of carbonyl (C=O) groups excluding carboxylic acids is 2. The highest BCUT2D eigenvalue weighted by Crippen LogP contribution is 2.12. The average molecular weight is 275 g/mol. The minimum absolute atomic E-state index is 0.122. The maximum atomic E-state index is 11.9. The predicted molar refractivity (Wildman–Crippen MR) is 78.4 cm³/mol. The van der Waals surface area contributed by atoms with Gasteiger partial charge >= 0.3 is 0 Å². The molecule has 0 radical (unpaired) electrons. The van der Waals surface area contributed by atoms with Gasteiger partial charge in [-0.25, -0.2) is 0 Å². The summed E-state index contributed by atoms with van der Waals surface area (Å²) in [6.45, 7) is 3.94. The third-order valence-electron chi connectivity index (χ3n) is 3.62. The molecule has 2 rings (SSSR count). The summed E-state index contributed by atoms with van der Waals surface area (Å²) in [4.78, 5) is 25.6. The molecule has 5 nitrogen and oxygen atoms in total. The molecule has 0 aromatic heterocycles. The number of amides is 2. The number of hydrogen-bond donors (Lipinski definition) is 2. The van der Waals surface area contributed by atoms with Gasteiger partial charge in [0, 0.05) is 37.3 Å². The third-order valence-corrected chi connectivity index (χ3v) is 3.62. The van der Waals surface area contributed by atoms with Gasteiger partial charge in [-0.2, -0.15) is 0 Å². The van der Waals surface area contributed by atoms with Crippen molar-refractivity contribution in [2.75, 3.05) is 25.4 Å². The van der Waals surface area contributed by atoms with E-state index in [1.54, 1.807) is 18.2 Å². The van der Waals surface area contributed by atoms with E-state index in [1.165, 1.54) is 0 Å². The second-order valence-electron chi connectivity index (χ2n) is 5.17. The lowest BCUT2D eigenvalue weighted by atomic mass is 10.1. The Labute approximate surface area is 119 Å². The number of likely N-dealkylation sites (tertiary alicyclic amines) is 1. The van der Waals surface area contributed by atoms with Crippen molar-refractivity contribution in [3.8, 4) is 0 Å². The number of nitrogens with zero attached hydrogens (tertiary/aromatic N) is 1. The SMILES string of the molecule is Cc1cc(C(=O)NCCC(=O)N2CCCC2)ccc1N. The number of hydrogen-bond acceptors (Lipinski definition) is 3. The van der Waals surface area contributed by atoms with Crippen LogP contribution in [0.15, 0.2) is 18.2 Å². The standard InChI is InChI=1S/C15H21N3O2/c1-11-10-12(4-5-13(11)16)15(20)17-7-6-14(19)18-8-2-3-9-18/h4-5,10H,2-3,6-9,16H2,1H3,(H,17,20). The summed E-state index contributed by atoms with van der Waals surface area (Å²) in [5, 5.41) is 2.77. The molecule has 0 aliphatic carbocycles. The number of aryl methyl sites for hydroxylation is 1. The fraction of sp³-hybridized carbons (Fsp3) is 0.467. The van der Waals surface area contributed by atoms with E-state index < -0.39 is 0 Å². The molecular formula is C15H21N3O2. The van der Waals surface area contributed by atoms with Crippen molar-refractivity contribution in [1.29, 1.82) is 0 Å². The zero-order chi connectivity index (χ0) is 14.5. The molecule has 3 N–H and O–H groups in total. The Bertz CT molecular complexity index is 508. The molecule has 5 heteroatoms. The van der Waals surface area contributed by atoms with E-state index in [9.17, 15) is 9.59 Å². The molecule has 1 heterocycles. The molecule has 108 valence electrons. The molecule has 1 fully saturated rings. The maximum absolute atomic E-state index is 11.9. The first-order valence-electron chi connectivity index (χ1n) is 7.00. The Balaban J connectivity index is 1.79. The van der Waals surface area contributed by atoms with E-state index >= 15 is 0 Å². The summed E-state index contributed by atoms with van der Waals surface area (Å²) in [5.41, 5.74) is 7.84. The van der Waals surface area contributed by atoms with Crippen molar-refractivity contribution >= 4 is 17.5 Å². The van der Waals surface area contributed by atoms with Crippen LogP contribution in [0.4, 0.5) is 5.69 Å². The maximum Gasteiger partial charge on any atom is 0.251 e. The Kier molecular flexibility index (Phi) is 4.61. The molecule has 0 saturated carbocycles. The van der Waals surface area contributed by atoms with Gasteiger partial charge in [0.2, 0.25) is 5.91 Å². The minimum Gasteiger partial charge on any atom is -0.399 e. The van der Waals surface area contributed by atoms with Gasteiger partial charge in [-0.3, -0.25) is 9.59 Å². The van der Waals surface area contributed by atoms with Gasteiger partial charge in [-0.05, 0) is 43.5 Å². The Morgan fingerprint density at radius 1 is 1.30 bits per heavy atom. The molecule has 0 spiro atoms. The van der Waals surface area contributed by atoms with Crippen LogP contribution in [0.5, 0.6) is 0 Å². The van der Waals surface area contributed by atoms with E-state index in [0.717, 1.165) is 31.5 Å². The lowest BCUT2D eigenvalue weighted by Gasteiger charge is -2.15. The third kappa shape index (κ3) is 3.50. The van der Waals surface area contributed by atoms with E-state index in [-0.39, 0.29) is 11.8 Å². The van der Waals surface area contributed by atoms with E-state index in [0.29, 0.717) is 24.2 Å². The Hall–Kier alpha value is -2.04. The normalized spacial score (nSPS) is 14.3. The summed E-state index contributed by atoms with van der Waals surface area (Å²) >= 11 is 0. The quantitative estimate of drug-likeness (QED) is 0.814. The number of anilines is 1. The lowest BCUT2D eigenvalue weighted by Crippen LogP contribution is -2.32. The van der Waals surface area contributed by atoms with Crippen molar-refractivity contribution in [3.05, 3.63) is 29.3 Å². The zero-order valence-corrected chi connectivity index (χ0v) is 11.8. The lowest BCUT2D eigenvalue weighted by molar-refractivity contribution is -0.129. The number of nitrogens with one attached hydrogen (secondary N) is 1. The molecule has 1 aliphatic heterocycles. The molecule has 0 atom stereocenters. The van der Waals surface area contributed by atoms with E-state index in [2.05, 4.69) is 5.32 Å². The minimum atomic E-state index is -0.165. The zero-order valence-electron chi connectivity index (χ0n) is 11.8. The molecule has 2 amide bonds. The van der Waals surface area contributed by atoms with Crippen LogP contribution in [-0.4, -0.2) is 36.3 Å². The summed E-state index contributed by atoms with van der Waals surface area (Å²) in [7, 11) is 0. The second kappa shape index (κ2) is 6.41. The van der Waals surface area contributed by atoms with Gasteiger partial charge in [-0.1, -0.05) is 0 Å². The largest absolute Gasteiger partial charge is 0.399 e. The average Bonchev–Trinajstić information content (AvgIpc) is 2.95. The van der Waals surface area contributed by atoms with E-state index in [4.69, 9.17) is 5.73 Å². The van der Waals surface area contributed by atoms with Crippen LogP contribution in [-0.2, 0) is 4.79 Å². The summed E-state index contributed by atoms with van der Waals surface area (Å²) in [5.74, 6) is -0.0430. The van der Waals surface area contributed by atoms with Crippen molar-refractivity contribution in [3.63, 3.8) is 0 Å². The number of benzene rings is 1. The summed E-state index contributed by atoms with van der Waals surface area (Å²) in [6.07, 6.45) is 2.53. The number of carbonyl (C=O) groups is 2. The number of nitrogen functional groups attached to an aromatic ring is 1. The monoisotopic (exact) mass is 275 g/mol. The number of nitrogens with two attached hydrogens (primary N) is 1. The van der Waals surface area contributed by atoms with Crippen molar-refractivity contribution in [2.24, 2.45) is 0 Å². The van der Waals surface area contributed by atoms with Crippen molar-refractivity contribution < 1.29 is 9.59 Å². The van der Waals surface area contributed by atoms with Crippen LogP contribution in [0.25, 0.3) is 0 Å². The Morgan fingerprint density at radius 3 is 2.65 bits per heavy atom. The van der Waals surface area contributed by atoms with Crippen molar-refractivity contribution in [2.45, 2.75) is 26.2 Å². The molecule has 0 bridgehead atoms. The first-order valence-corrected chi connectivity index (χ1v) is 7.00. The molecule has 1 saturated heterocycles. The van der Waals surface area contributed by atoms with Crippen LogP contribution >= 0.6 is 0 Å². The van der Waals surface area contributed by atoms with Crippen molar-refractivity contribution in [1.82, 2.24) is 10.2 Å². The summed E-state index contributed by atoms with van der Waals surface area (Å²) in [6, 6.07) is 5.17. The molecule has 20 heavy (non-hydrogen) atoms. The van der Waals surface area contributed by atoms with Gasteiger partial charge in [0.15, 0.2) is 0 Å². The van der Waals surface area contributed by atoms with Gasteiger partial charge in [0.1, 0.15) is 0 Å². The molecule has 0 unspecified atom stereocenters. The fourth-order valence-corrected chi connectivity index (χ4v) is 2.33. The van der Waals surface area contributed by atoms with Gasteiger partial charge in [0.25, 0.3) is 5.91 Å². The van der Waals surface area contributed by atoms with Gasteiger partial charge in [-0.15, -0.1) is 0 Å². The predicted octanol–water partition coefficient (Wildman–Crippen LogP) is 1.32. The van der Waals surface area contributed by atoms with Crippen LogP contribution in [0.1, 0.15) is 35.2 Å². The highest BCUT2D eigenvalue weighted by molar-refractivity contribution is 5.95. The Morgan fingerprint density at radius 2 is 2.00 bits per heavy atom. The molecule has 1 aliphatic rings. The highest BCUT2D eigenvalue weighted by atomic mass is 16.2. The first kappa shape index (κ1) is 14.4. The van der Waals surface area contributed by atoms with E-state index in [1.807, 2.05) is 11.8 Å². The van der Waals surface area contributed by atoms with Crippen LogP contribution in [0, 0.1) is 6.92 Å². The van der Waals surface area contributed by atoms with Gasteiger partial charge in [0.05, 0.1) is 0 Å². The molecule has 1 aromatic carbocycles. The first-order chi connectivity index (χ1) is 9.58. The summed E-state index contributed by atoms with van der Waals surface area (Å²) < 4.78 is 0. The van der Waals surface area contributed by atoms with Crippen LogP contribution in [0.2, 0.25) is 0 Å². The topological polar surface area (TPSA) is 75.4 Å². The highest BCUT2D eigenvalue weighted by Gasteiger charge is 2.17. The second-order valence-corrected chi connectivity index (χ2v) is 5.17. The smallest absolute Gasteiger partial charge is 0.251 e. The van der Waals surface area contributed by atoms with Gasteiger partial charge < -0.3 is 16.0 Å². The number of rotatable bonds is 4. The van der Waals surface area contributed by atoms with Crippen LogP contribution < -0.4 is 11.1 Å².